The molecular formula is C11H14OS. The molecule has 0 spiro atoms. The second kappa shape index (κ2) is 4.97. The van der Waals surface area contributed by atoms with Gasteiger partial charge in [-0.2, -0.15) is 0 Å². The van der Waals surface area contributed by atoms with Crippen LogP contribution >= 0.6 is 11.8 Å². The molecule has 0 atom stereocenters. The minimum absolute atomic E-state index is 0.323. The topological polar surface area (TPSA) is 20.2 Å². The smallest absolute Gasteiger partial charge is 0.115 e. The summed E-state index contributed by atoms with van der Waals surface area (Å²) < 4.78 is 0. The van der Waals surface area contributed by atoms with Crippen LogP contribution in [0.25, 0.3) is 0 Å². The number of phenolic OH excluding ortho intramolecular Hbond substituents is 1. The Morgan fingerprint density at radius 3 is 2.54 bits per heavy atom. The van der Waals surface area contributed by atoms with Gasteiger partial charge in [0.2, 0.25) is 0 Å². The highest BCUT2D eigenvalue weighted by molar-refractivity contribution is 7.99. The van der Waals surface area contributed by atoms with Crippen molar-refractivity contribution in [2.24, 2.45) is 0 Å². The molecule has 1 aromatic carbocycles. The van der Waals surface area contributed by atoms with Crippen LogP contribution in [0, 0.1) is 0 Å². The first-order chi connectivity index (χ1) is 6.18. The Bertz CT molecular complexity index is 277. The number of benzene rings is 1. The van der Waals surface area contributed by atoms with E-state index in [0.717, 1.165) is 12.2 Å². The molecule has 1 rings (SSSR count). The fourth-order valence-corrected chi connectivity index (χ4v) is 1.90. The highest BCUT2D eigenvalue weighted by Gasteiger charge is 1.94. The Morgan fingerprint density at radius 2 is 2.00 bits per heavy atom. The Balaban J connectivity index is 2.37. The Kier molecular flexibility index (Phi) is 3.90. The van der Waals surface area contributed by atoms with Crippen molar-refractivity contribution in [3.63, 3.8) is 0 Å². The van der Waals surface area contributed by atoms with Crippen molar-refractivity contribution in [2.45, 2.75) is 18.2 Å². The van der Waals surface area contributed by atoms with Crippen molar-refractivity contribution in [3.05, 3.63) is 36.4 Å². The summed E-state index contributed by atoms with van der Waals surface area (Å²) in [6, 6.07) is 7.28. The molecule has 1 nitrogen and oxygen atoms in total. The van der Waals surface area contributed by atoms with Gasteiger partial charge in [0, 0.05) is 10.6 Å². The molecule has 0 aliphatic carbocycles. The molecule has 0 radical (unpaired) electrons. The summed E-state index contributed by atoms with van der Waals surface area (Å²) in [6.07, 6.45) is 1.05. The molecule has 70 valence electrons. The largest absolute Gasteiger partial charge is 0.508 e. The van der Waals surface area contributed by atoms with E-state index < -0.39 is 0 Å². The molecule has 1 aromatic rings. The standard InChI is InChI=1S/C11H14OS/c1-9(2)7-8-13-11-5-3-10(12)4-6-11/h3-6,12H,1,7-8H2,2H3. The lowest BCUT2D eigenvalue weighted by Crippen LogP contribution is -1.80. The fourth-order valence-electron chi connectivity index (χ4n) is 0.885. The Morgan fingerprint density at radius 1 is 1.38 bits per heavy atom. The van der Waals surface area contributed by atoms with Gasteiger partial charge in [0.1, 0.15) is 5.75 Å². The number of hydrogen-bond donors (Lipinski definition) is 1. The van der Waals surface area contributed by atoms with Crippen LogP contribution in [-0.4, -0.2) is 10.9 Å². The molecule has 0 saturated carbocycles. The molecule has 0 aliphatic rings. The number of aromatic hydroxyl groups is 1. The predicted molar refractivity (Wildman–Crippen MR) is 58.3 cm³/mol. The summed E-state index contributed by atoms with van der Waals surface area (Å²) in [5, 5.41) is 9.05. The van der Waals surface area contributed by atoms with E-state index in [2.05, 4.69) is 6.58 Å². The zero-order valence-corrected chi connectivity index (χ0v) is 8.60. The molecule has 0 bridgehead atoms. The first-order valence-electron chi connectivity index (χ1n) is 4.24. The molecule has 0 unspecified atom stereocenters. The van der Waals surface area contributed by atoms with E-state index in [1.165, 1.54) is 10.5 Å². The number of allylic oxidation sites excluding steroid dienone is 1. The van der Waals surface area contributed by atoms with Gasteiger partial charge >= 0.3 is 0 Å². The number of rotatable bonds is 4. The first-order valence-corrected chi connectivity index (χ1v) is 5.23. The Hall–Kier alpha value is -0.890. The minimum atomic E-state index is 0.323. The predicted octanol–water partition coefficient (Wildman–Crippen LogP) is 3.45. The minimum Gasteiger partial charge on any atom is -0.508 e. The van der Waals surface area contributed by atoms with Crippen molar-refractivity contribution >= 4 is 11.8 Å². The average Bonchev–Trinajstić information content (AvgIpc) is 2.08. The van der Waals surface area contributed by atoms with Crippen molar-refractivity contribution < 1.29 is 5.11 Å². The molecule has 13 heavy (non-hydrogen) atoms. The van der Waals surface area contributed by atoms with Gasteiger partial charge in [0.15, 0.2) is 0 Å². The van der Waals surface area contributed by atoms with Crippen molar-refractivity contribution in [2.75, 3.05) is 5.75 Å². The third-order valence-corrected chi connectivity index (χ3v) is 2.65. The second-order valence-electron chi connectivity index (χ2n) is 3.05. The maximum atomic E-state index is 9.05. The van der Waals surface area contributed by atoms with Crippen LogP contribution in [-0.2, 0) is 0 Å². The average molecular weight is 194 g/mol. The van der Waals surface area contributed by atoms with Gasteiger partial charge in [0.25, 0.3) is 0 Å². The monoisotopic (exact) mass is 194 g/mol. The van der Waals surface area contributed by atoms with Crippen LogP contribution < -0.4 is 0 Å². The molecule has 0 amide bonds. The summed E-state index contributed by atoms with van der Waals surface area (Å²) >= 11 is 1.79. The summed E-state index contributed by atoms with van der Waals surface area (Å²) in [4.78, 5) is 1.19. The van der Waals surface area contributed by atoms with Gasteiger partial charge in [-0.1, -0.05) is 5.57 Å². The van der Waals surface area contributed by atoms with E-state index in [1.54, 1.807) is 23.9 Å². The maximum absolute atomic E-state index is 9.05. The summed E-state index contributed by atoms with van der Waals surface area (Å²) in [6.45, 7) is 5.89. The van der Waals surface area contributed by atoms with Gasteiger partial charge in [0.05, 0.1) is 0 Å². The lowest BCUT2D eigenvalue weighted by Gasteiger charge is -2.01. The van der Waals surface area contributed by atoms with E-state index in [9.17, 15) is 0 Å². The SMILES string of the molecule is C=C(C)CCSc1ccc(O)cc1. The molecule has 0 fully saturated rings. The zero-order valence-electron chi connectivity index (χ0n) is 7.79. The van der Waals surface area contributed by atoms with Crippen molar-refractivity contribution in [3.8, 4) is 5.75 Å². The third kappa shape index (κ3) is 4.04. The number of phenols is 1. The number of thioether (sulfide) groups is 1. The second-order valence-corrected chi connectivity index (χ2v) is 4.22. The molecule has 0 heterocycles. The van der Waals surface area contributed by atoms with E-state index in [1.807, 2.05) is 19.1 Å². The number of hydrogen-bond acceptors (Lipinski definition) is 2. The van der Waals surface area contributed by atoms with E-state index in [4.69, 9.17) is 5.11 Å². The molecular weight excluding hydrogens is 180 g/mol. The molecule has 0 aromatic heterocycles. The van der Waals surface area contributed by atoms with Crippen LogP contribution in [0.1, 0.15) is 13.3 Å². The fraction of sp³-hybridized carbons (Fsp3) is 0.273. The van der Waals surface area contributed by atoms with Crippen LogP contribution in [0.5, 0.6) is 5.75 Å². The van der Waals surface area contributed by atoms with Gasteiger partial charge in [-0.05, 0) is 37.6 Å². The molecule has 2 heteroatoms. The lowest BCUT2D eigenvalue weighted by molar-refractivity contribution is 0.475. The van der Waals surface area contributed by atoms with Crippen LogP contribution in [0.3, 0.4) is 0 Å². The van der Waals surface area contributed by atoms with Gasteiger partial charge in [-0.25, -0.2) is 0 Å². The van der Waals surface area contributed by atoms with E-state index >= 15 is 0 Å². The highest BCUT2D eigenvalue weighted by Crippen LogP contribution is 2.21. The normalized spacial score (nSPS) is 9.92. The summed E-state index contributed by atoms with van der Waals surface area (Å²) in [5.74, 6) is 1.38. The quantitative estimate of drug-likeness (QED) is 0.585. The van der Waals surface area contributed by atoms with E-state index in [-0.39, 0.29) is 0 Å². The van der Waals surface area contributed by atoms with Gasteiger partial charge in [-0.15, -0.1) is 18.3 Å². The first kappa shape index (κ1) is 10.2. The summed E-state index contributed by atoms with van der Waals surface area (Å²) in [5.41, 5.74) is 1.21. The third-order valence-electron chi connectivity index (χ3n) is 1.63. The molecule has 0 aliphatic heterocycles. The van der Waals surface area contributed by atoms with Gasteiger partial charge in [-0.3, -0.25) is 0 Å². The van der Waals surface area contributed by atoms with Gasteiger partial charge < -0.3 is 5.11 Å². The highest BCUT2D eigenvalue weighted by atomic mass is 32.2. The lowest BCUT2D eigenvalue weighted by atomic mass is 10.3. The van der Waals surface area contributed by atoms with Crippen LogP contribution in [0.15, 0.2) is 41.3 Å². The van der Waals surface area contributed by atoms with Crippen LogP contribution in [0.4, 0.5) is 0 Å². The zero-order chi connectivity index (χ0) is 9.68. The van der Waals surface area contributed by atoms with Crippen molar-refractivity contribution in [1.29, 1.82) is 0 Å². The maximum Gasteiger partial charge on any atom is 0.115 e. The summed E-state index contributed by atoms with van der Waals surface area (Å²) in [7, 11) is 0. The van der Waals surface area contributed by atoms with Crippen LogP contribution in [0.2, 0.25) is 0 Å². The van der Waals surface area contributed by atoms with Crippen molar-refractivity contribution in [1.82, 2.24) is 0 Å². The van der Waals surface area contributed by atoms with E-state index in [0.29, 0.717) is 5.75 Å². The molecule has 1 N–H and O–H groups in total. The molecule has 0 saturated heterocycles. The Labute approximate surface area is 83.5 Å².